The number of thioether (sulfide) groups is 1. The molecule has 208 valence electrons. The molecule has 4 rings (SSSR count). The van der Waals surface area contributed by atoms with E-state index in [1.165, 1.54) is 13.1 Å². The van der Waals surface area contributed by atoms with Crippen molar-refractivity contribution in [1.29, 1.82) is 0 Å². The van der Waals surface area contributed by atoms with Crippen molar-refractivity contribution in [3.63, 3.8) is 0 Å². The molecule has 1 fully saturated rings. The maximum absolute atomic E-state index is 13.4. The molecule has 15 heteroatoms. The van der Waals surface area contributed by atoms with Gasteiger partial charge in [0.2, 0.25) is 5.91 Å². The van der Waals surface area contributed by atoms with E-state index in [9.17, 15) is 33.9 Å². The van der Waals surface area contributed by atoms with Crippen LogP contribution in [0.15, 0.2) is 72.4 Å². The Morgan fingerprint density at radius 1 is 1.07 bits per heavy atom. The number of primary amides is 1. The minimum absolute atomic E-state index is 0. The molecular formula is C26H24N5NaO8S. The number of β-lactam (4-membered cyclic amide) rings is 1. The summed E-state index contributed by atoms with van der Waals surface area (Å²) in [4.78, 5) is 76.5. The van der Waals surface area contributed by atoms with Crippen LogP contribution in [0.2, 0.25) is 0 Å². The van der Waals surface area contributed by atoms with Gasteiger partial charge in [0.25, 0.3) is 11.8 Å². The molecule has 4 N–H and O–H groups in total. The number of imide groups is 1. The molecule has 2 aliphatic heterocycles. The van der Waals surface area contributed by atoms with Gasteiger partial charge in [-0.1, -0.05) is 48.5 Å². The average molecular weight is 590 g/mol. The summed E-state index contributed by atoms with van der Waals surface area (Å²) in [6, 6.07) is 12.9. The summed E-state index contributed by atoms with van der Waals surface area (Å²) in [6.07, 6.45) is 0.153. The molecule has 0 bridgehead atoms. The molecular weight excluding hydrogens is 565 g/mol. The van der Waals surface area contributed by atoms with Gasteiger partial charge in [-0.3, -0.25) is 24.2 Å². The van der Waals surface area contributed by atoms with Crippen molar-refractivity contribution in [3.8, 4) is 0 Å². The zero-order chi connectivity index (χ0) is 29.0. The summed E-state index contributed by atoms with van der Waals surface area (Å²) >= 11 is 1.08. The van der Waals surface area contributed by atoms with E-state index in [-0.39, 0.29) is 41.7 Å². The smallest absolute Gasteiger partial charge is 0.543 e. The number of carboxylic acid groups (broad SMARTS) is 1. The quantitative estimate of drug-likeness (QED) is 0.209. The molecule has 0 aliphatic carbocycles. The second-order valence-electron chi connectivity index (χ2n) is 8.75. The van der Waals surface area contributed by atoms with Gasteiger partial charge in [0.05, 0.1) is 16.9 Å². The number of nitrogens with zero attached hydrogens (tertiary/aromatic N) is 2. The van der Waals surface area contributed by atoms with Crippen molar-refractivity contribution in [2.45, 2.75) is 22.7 Å². The van der Waals surface area contributed by atoms with E-state index in [4.69, 9.17) is 10.5 Å². The first-order valence-electron chi connectivity index (χ1n) is 11.9. The number of nitrogens with two attached hydrogens (primary N) is 1. The van der Waals surface area contributed by atoms with E-state index >= 15 is 0 Å². The Balaban J connectivity index is 0.00000462. The van der Waals surface area contributed by atoms with Gasteiger partial charge >= 0.3 is 41.7 Å². The van der Waals surface area contributed by atoms with Gasteiger partial charge in [-0.25, -0.2) is 9.59 Å². The second-order valence-corrected chi connectivity index (χ2v) is 10.1. The summed E-state index contributed by atoms with van der Waals surface area (Å²) in [5.74, 6) is -3.69. The van der Waals surface area contributed by atoms with Crippen LogP contribution in [-0.4, -0.2) is 75.9 Å². The van der Waals surface area contributed by atoms with Gasteiger partial charge in [-0.2, -0.15) is 0 Å². The molecule has 3 unspecified atom stereocenters. The Morgan fingerprint density at radius 3 is 2.27 bits per heavy atom. The van der Waals surface area contributed by atoms with Crippen molar-refractivity contribution >= 4 is 47.6 Å². The number of fused-ring (bicyclic) bond motifs is 1. The molecule has 1 saturated heterocycles. The van der Waals surface area contributed by atoms with Gasteiger partial charge in [0, 0.05) is 12.6 Å². The van der Waals surface area contributed by atoms with Crippen molar-refractivity contribution in [2.24, 2.45) is 5.73 Å². The number of hydrogen-bond acceptors (Lipinski definition) is 9. The standard InChI is InChI=1S/C26H25N5O8S.Na/c1-30(21(33)15-10-6-3-7-11-15)26(38)29-18(14-8-4-2-5-9-14)20(32)28-19-22(34)31-17(24(35)36)12-16(40-23(19)31)13-39-25(27)37;/h2-12,16,18-19,23H,13H2,1H3,(H2,27,37)(H,28,32)(H,29,38)(H,35,36);/q;+1/p-1/t16?,18?,19?,23-;/m0./s1. The molecule has 2 aliphatic rings. The van der Waals surface area contributed by atoms with E-state index < -0.39 is 64.2 Å². The minimum atomic E-state index is -1.62. The van der Waals surface area contributed by atoms with Gasteiger partial charge in [0.15, 0.2) is 0 Å². The third kappa shape index (κ3) is 7.08. The molecule has 6 amide bonds. The number of benzene rings is 2. The summed E-state index contributed by atoms with van der Waals surface area (Å²) in [5.41, 5.74) is 5.21. The van der Waals surface area contributed by atoms with Gasteiger partial charge in [-0.15, -0.1) is 11.8 Å². The molecule has 0 radical (unpaired) electrons. The monoisotopic (exact) mass is 589 g/mol. The van der Waals surface area contributed by atoms with Crippen molar-refractivity contribution in [3.05, 3.63) is 83.6 Å². The summed E-state index contributed by atoms with van der Waals surface area (Å²) in [5, 5.41) is 15.2. The summed E-state index contributed by atoms with van der Waals surface area (Å²) in [7, 11) is 1.26. The van der Waals surface area contributed by atoms with E-state index in [2.05, 4.69) is 10.6 Å². The maximum atomic E-state index is 13.4. The number of hydrogen-bond donors (Lipinski definition) is 3. The first-order valence-corrected chi connectivity index (χ1v) is 12.9. The number of amides is 6. The topological polar surface area (TPSA) is 191 Å². The molecule has 0 spiro atoms. The molecule has 4 atom stereocenters. The van der Waals surface area contributed by atoms with Gasteiger partial charge < -0.3 is 31.0 Å². The van der Waals surface area contributed by atoms with Crippen molar-refractivity contribution in [2.75, 3.05) is 13.7 Å². The largest absolute Gasteiger partial charge is 1.00 e. The third-order valence-electron chi connectivity index (χ3n) is 6.15. The predicted octanol–water partition coefficient (Wildman–Crippen LogP) is -3.29. The zero-order valence-corrected chi connectivity index (χ0v) is 24.8. The van der Waals surface area contributed by atoms with Crippen LogP contribution >= 0.6 is 11.8 Å². The normalized spacial score (nSPS) is 19.6. The van der Waals surface area contributed by atoms with Crippen molar-refractivity contribution < 1.29 is 68.2 Å². The van der Waals surface area contributed by atoms with E-state index in [0.717, 1.165) is 21.6 Å². The maximum Gasteiger partial charge on any atom is 1.00 e. The zero-order valence-electron chi connectivity index (χ0n) is 22.0. The molecule has 2 aromatic rings. The first kappa shape index (κ1) is 31.7. The van der Waals surface area contributed by atoms with Gasteiger partial charge in [-0.05, 0) is 23.8 Å². The number of carbonyl (C=O) groups excluding carboxylic acids is 6. The van der Waals surface area contributed by atoms with E-state index in [0.29, 0.717) is 5.56 Å². The van der Waals surface area contributed by atoms with Gasteiger partial charge in [0.1, 0.15) is 24.1 Å². The van der Waals surface area contributed by atoms with E-state index in [1.807, 2.05) is 0 Å². The fourth-order valence-corrected chi connectivity index (χ4v) is 5.55. The summed E-state index contributed by atoms with van der Waals surface area (Å²) in [6.45, 7) is -0.263. The van der Waals surface area contributed by atoms with Crippen LogP contribution in [0.5, 0.6) is 0 Å². The van der Waals surface area contributed by atoms with Crippen LogP contribution in [0.1, 0.15) is 22.0 Å². The van der Waals surface area contributed by atoms with Crippen LogP contribution in [0.3, 0.4) is 0 Å². The van der Waals surface area contributed by atoms with Crippen LogP contribution in [0.25, 0.3) is 0 Å². The first-order chi connectivity index (χ1) is 19.1. The summed E-state index contributed by atoms with van der Waals surface area (Å²) < 4.78 is 4.76. The fraction of sp³-hybridized carbons (Fsp3) is 0.231. The number of ether oxygens (including phenoxy) is 1. The molecule has 13 nitrogen and oxygen atoms in total. The van der Waals surface area contributed by atoms with Crippen LogP contribution in [0, 0.1) is 0 Å². The SMILES string of the molecule is CN(C(=O)NC(C(=O)NC1C(=O)N2C(C(=O)[O-])=CC(COC(N)=O)S[C@@H]12)c1ccccc1)C(=O)c1ccccc1.[Na+]. The van der Waals surface area contributed by atoms with Crippen LogP contribution in [-0.2, 0) is 19.1 Å². The Kier molecular flexibility index (Phi) is 10.6. The molecule has 0 saturated carbocycles. The number of nitrogens with one attached hydrogen (secondary N) is 2. The average Bonchev–Trinajstić information content (AvgIpc) is 2.96. The Labute approximate surface area is 260 Å². The molecule has 2 heterocycles. The fourth-order valence-electron chi connectivity index (χ4n) is 4.15. The van der Waals surface area contributed by atoms with Crippen molar-refractivity contribution in [1.82, 2.24) is 20.4 Å². The predicted molar refractivity (Wildman–Crippen MR) is 139 cm³/mol. The second kappa shape index (κ2) is 13.7. The van der Waals surface area contributed by atoms with E-state index in [1.54, 1.807) is 60.7 Å². The number of urea groups is 1. The number of aliphatic carboxylic acids is 1. The minimum Gasteiger partial charge on any atom is -0.543 e. The van der Waals surface area contributed by atoms with Crippen LogP contribution in [0.4, 0.5) is 9.59 Å². The molecule has 2 aromatic carbocycles. The number of carbonyl (C=O) groups is 6. The third-order valence-corrected chi connectivity index (χ3v) is 7.53. The molecule has 0 aromatic heterocycles. The number of carboxylic acids is 1. The van der Waals surface area contributed by atoms with Crippen LogP contribution < -0.4 is 51.0 Å². The Bertz CT molecular complexity index is 1380. The Hall–Kier alpha value is -3.85. The Morgan fingerprint density at radius 2 is 1.68 bits per heavy atom. The number of rotatable bonds is 8. The molecule has 41 heavy (non-hydrogen) atoms.